The first kappa shape index (κ1) is 21.6. The summed E-state index contributed by atoms with van der Waals surface area (Å²) in [6, 6.07) is 14.4. The fraction of sp³-hybridized carbons (Fsp3) is 0.400. The van der Waals surface area contributed by atoms with Crippen molar-refractivity contribution in [3.05, 3.63) is 64.7 Å². The van der Waals surface area contributed by atoms with E-state index in [1.807, 2.05) is 42.5 Å². The van der Waals surface area contributed by atoms with Gasteiger partial charge in [-0.25, -0.2) is 0 Å². The molecule has 0 saturated heterocycles. The van der Waals surface area contributed by atoms with Crippen LogP contribution in [0.4, 0.5) is 5.69 Å². The average Bonchev–Trinajstić information content (AvgIpc) is 3.22. The number of rotatable bonds is 6. The van der Waals surface area contributed by atoms with Gasteiger partial charge in [0.15, 0.2) is 0 Å². The van der Waals surface area contributed by atoms with E-state index in [9.17, 15) is 14.4 Å². The lowest BCUT2D eigenvalue weighted by Crippen LogP contribution is -2.56. The van der Waals surface area contributed by atoms with Crippen LogP contribution < -0.4 is 10.2 Å². The summed E-state index contributed by atoms with van der Waals surface area (Å²) in [4.78, 5) is 40.8. The van der Waals surface area contributed by atoms with E-state index in [-0.39, 0.29) is 11.8 Å². The van der Waals surface area contributed by atoms with Crippen LogP contribution in [0.5, 0.6) is 0 Å². The van der Waals surface area contributed by atoms with Gasteiger partial charge in [-0.05, 0) is 55.0 Å². The molecule has 4 rings (SSSR count). The molecule has 1 atom stereocenters. The molecule has 0 radical (unpaired) electrons. The van der Waals surface area contributed by atoms with E-state index in [0.29, 0.717) is 30.8 Å². The summed E-state index contributed by atoms with van der Waals surface area (Å²) >= 11 is 6.12. The summed E-state index contributed by atoms with van der Waals surface area (Å²) in [6.45, 7) is 0.546. The monoisotopic (exact) mass is 438 g/mol. The summed E-state index contributed by atoms with van der Waals surface area (Å²) in [5.41, 5.74) is 1.71. The molecule has 1 heterocycles. The van der Waals surface area contributed by atoms with Crippen molar-refractivity contribution in [2.24, 2.45) is 5.41 Å². The van der Waals surface area contributed by atoms with Crippen molar-refractivity contribution in [1.29, 1.82) is 0 Å². The van der Waals surface area contributed by atoms with Crippen LogP contribution in [0.25, 0.3) is 0 Å². The highest BCUT2D eigenvalue weighted by Crippen LogP contribution is 2.41. The highest BCUT2D eigenvalue weighted by molar-refractivity contribution is 6.30. The van der Waals surface area contributed by atoms with E-state index < -0.39 is 11.5 Å². The largest absolute Gasteiger partial charge is 0.345 e. The molecule has 2 aliphatic rings. The van der Waals surface area contributed by atoms with E-state index >= 15 is 0 Å². The molecule has 0 spiro atoms. The SMILES string of the molecule is O=CC(Cc1ccccc1)NC(=O)C1(C(=O)N2CCc3cc(Cl)ccc32)CCCCC1. The van der Waals surface area contributed by atoms with E-state index in [0.717, 1.165) is 48.8 Å². The van der Waals surface area contributed by atoms with Gasteiger partial charge in [0.1, 0.15) is 11.7 Å². The third kappa shape index (κ3) is 4.38. The molecule has 1 unspecified atom stereocenters. The molecule has 2 aromatic carbocycles. The average molecular weight is 439 g/mol. The molecule has 1 fully saturated rings. The van der Waals surface area contributed by atoms with Crippen LogP contribution in [0.1, 0.15) is 43.2 Å². The van der Waals surface area contributed by atoms with Gasteiger partial charge in [-0.3, -0.25) is 9.59 Å². The van der Waals surface area contributed by atoms with Crippen LogP contribution in [0.15, 0.2) is 48.5 Å². The van der Waals surface area contributed by atoms with Gasteiger partial charge in [-0.15, -0.1) is 0 Å². The quantitative estimate of drug-likeness (QED) is 0.545. The molecule has 6 heteroatoms. The summed E-state index contributed by atoms with van der Waals surface area (Å²) in [5, 5.41) is 3.53. The van der Waals surface area contributed by atoms with Crippen LogP contribution in [0.3, 0.4) is 0 Å². The van der Waals surface area contributed by atoms with Gasteiger partial charge in [0.05, 0.1) is 6.04 Å². The lowest BCUT2D eigenvalue weighted by molar-refractivity contribution is -0.145. The Morgan fingerprint density at radius 2 is 1.84 bits per heavy atom. The predicted octanol–water partition coefficient (Wildman–Crippen LogP) is 4.11. The van der Waals surface area contributed by atoms with Crippen molar-refractivity contribution in [3.8, 4) is 0 Å². The molecule has 5 nitrogen and oxygen atoms in total. The Kier molecular flexibility index (Phi) is 6.42. The van der Waals surface area contributed by atoms with E-state index in [4.69, 9.17) is 11.6 Å². The van der Waals surface area contributed by atoms with Crippen LogP contribution in [0.2, 0.25) is 5.02 Å². The molecular formula is C25H27ClN2O3. The normalized spacial score (nSPS) is 18.2. The number of hydrogen-bond acceptors (Lipinski definition) is 3. The topological polar surface area (TPSA) is 66.5 Å². The Balaban J connectivity index is 1.57. The summed E-state index contributed by atoms with van der Waals surface area (Å²) in [6.07, 6.45) is 5.57. The Bertz CT molecular complexity index is 970. The molecule has 0 aromatic heterocycles. The van der Waals surface area contributed by atoms with Gasteiger partial charge >= 0.3 is 0 Å². The number of fused-ring (bicyclic) bond motifs is 1. The van der Waals surface area contributed by atoms with Gasteiger partial charge < -0.3 is 15.0 Å². The smallest absolute Gasteiger partial charge is 0.242 e. The van der Waals surface area contributed by atoms with Crippen LogP contribution in [-0.4, -0.2) is 30.7 Å². The standard InChI is InChI=1S/C25H27ClN2O3/c26-20-9-10-22-19(16-20)11-14-28(22)24(31)25(12-5-2-6-13-25)23(30)27-21(17-29)15-18-7-3-1-4-8-18/h1,3-4,7-10,16-17,21H,2,5-6,11-15H2,(H,27,30). The molecule has 1 aliphatic carbocycles. The van der Waals surface area contributed by atoms with Crippen molar-refractivity contribution >= 4 is 35.4 Å². The first-order valence-electron chi connectivity index (χ1n) is 10.9. The zero-order chi connectivity index (χ0) is 21.8. The number of nitrogens with zero attached hydrogens (tertiary/aromatic N) is 1. The van der Waals surface area contributed by atoms with Gasteiger partial charge in [-0.1, -0.05) is 61.2 Å². The predicted molar refractivity (Wildman–Crippen MR) is 121 cm³/mol. The summed E-state index contributed by atoms with van der Waals surface area (Å²) in [5.74, 6) is -0.484. The molecule has 162 valence electrons. The summed E-state index contributed by atoms with van der Waals surface area (Å²) in [7, 11) is 0. The van der Waals surface area contributed by atoms with Crippen molar-refractivity contribution in [1.82, 2.24) is 5.32 Å². The maximum absolute atomic E-state index is 13.8. The molecular weight excluding hydrogens is 412 g/mol. The number of carbonyl (C=O) groups is 3. The zero-order valence-corrected chi connectivity index (χ0v) is 18.2. The fourth-order valence-electron chi connectivity index (χ4n) is 4.84. The number of hydrogen-bond donors (Lipinski definition) is 1. The van der Waals surface area contributed by atoms with E-state index in [2.05, 4.69) is 5.32 Å². The lowest BCUT2D eigenvalue weighted by atomic mass is 9.72. The maximum atomic E-state index is 13.8. The second kappa shape index (κ2) is 9.23. The number of nitrogens with one attached hydrogen (secondary N) is 1. The molecule has 2 amide bonds. The fourth-order valence-corrected chi connectivity index (χ4v) is 5.04. The van der Waals surface area contributed by atoms with Crippen LogP contribution in [0, 0.1) is 5.41 Å². The number of aldehydes is 1. The second-order valence-electron chi connectivity index (χ2n) is 8.53. The highest BCUT2D eigenvalue weighted by Gasteiger charge is 2.50. The Morgan fingerprint density at radius 3 is 2.55 bits per heavy atom. The van der Waals surface area contributed by atoms with Gasteiger partial charge in [0.25, 0.3) is 0 Å². The van der Waals surface area contributed by atoms with Crippen molar-refractivity contribution in [2.45, 2.75) is 51.0 Å². The highest BCUT2D eigenvalue weighted by atomic mass is 35.5. The van der Waals surface area contributed by atoms with Crippen molar-refractivity contribution in [2.75, 3.05) is 11.4 Å². The maximum Gasteiger partial charge on any atom is 0.242 e. The minimum Gasteiger partial charge on any atom is -0.345 e. The molecule has 0 bridgehead atoms. The number of benzene rings is 2. The van der Waals surface area contributed by atoms with Crippen molar-refractivity contribution in [3.63, 3.8) is 0 Å². The van der Waals surface area contributed by atoms with E-state index in [1.54, 1.807) is 11.0 Å². The second-order valence-corrected chi connectivity index (χ2v) is 8.96. The first-order chi connectivity index (χ1) is 15.0. The van der Waals surface area contributed by atoms with Crippen molar-refractivity contribution < 1.29 is 14.4 Å². The van der Waals surface area contributed by atoms with Gasteiger partial charge in [-0.2, -0.15) is 0 Å². The van der Waals surface area contributed by atoms with Crippen LogP contribution in [-0.2, 0) is 27.2 Å². The number of amides is 2. The first-order valence-corrected chi connectivity index (χ1v) is 11.3. The third-order valence-electron chi connectivity index (χ3n) is 6.51. The van der Waals surface area contributed by atoms with Crippen LogP contribution >= 0.6 is 11.6 Å². The van der Waals surface area contributed by atoms with Gasteiger partial charge in [0, 0.05) is 17.3 Å². The molecule has 1 aliphatic heterocycles. The Hall–Kier alpha value is -2.66. The minimum absolute atomic E-state index is 0.157. The van der Waals surface area contributed by atoms with Gasteiger partial charge in [0.2, 0.25) is 11.8 Å². The Morgan fingerprint density at radius 1 is 1.10 bits per heavy atom. The third-order valence-corrected chi connectivity index (χ3v) is 6.75. The zero-order valence-electron chi connectivity index (χ0n) is 17.5. The number of carbonyl (C=O) groups excluding carboxylic acids is 3. The van der Waals surface area contributed by atoms with E-state index in [1.165, 1.54) is 0 Å². The summed E-state index contributed by atoms with van der Waals surface area (Å²) < 4.78 is 0. The molecule has 1 N–H and O–H groups in total. The minimum atomic E-state index is -1.13. The number of anilines is 1. The lowest BCUT2D eigenvalue weighted by Gasteiger charge is -2.38. The number of halogens is 1. The molecule has 2 aromatic rings. The molecule has 1 saturated carbocycles. The molecule has 31 heavy (non-hydrogen) atoms. The Labute approximate surface area is 187 Å².